The van der Waals surface area contributed by atoms with Crippen LogP contribution in [0.4, 0.5) is 0 Å². The van der Waals surface area contributed by atoms with Gasteiger partial charge in [0.05, 0.1) is 0 Å². The number of carbonyl (C=O) groups is 2. The lowest BCUT2D eigenvalue weighted by molar-refractivity contribution is -0.492. The summed E-state index contributed by atoms with van der Waals surface area (Å²) in [4.78, 5) is 23.2. The average Bonchev–Trinajstić information content (AvgIpc) is 2.31. The number of hydrogen-bond donors (Lipinski definition) is 3. The topological polar surface area (TPSA) is 97.8 Å². The predicted octanol–water partition coefficient (Wildman–Crippen LogP) is -1.12. The molecule has 1 aromatic rings. The lowest BCUT2D eigenvalue weighted by Gasteiger charge is -2.03. The molecule has 0 radical (unpaired) electrons. The second-order valence-electron chi connectivity index (χ2n) is 3.25. The van der Waals surface area contributed by atoms with E-state index in [1.807, 2.05) is 0 Å². The Morgan fingerprint density at radius 3 is 2.53 bits per heavy atom. The molecule has 0 aliphatic carbocycles. The summed E-state index contributed by atoms with van der Waals surface area (Å²) >= 11 is 0. The van der Waals surface area contributed by atoms with Crippen molar-refractivity contribution in [2.24, 2.45) is 0 Å². The fourth-order valence-corrected chi connectivity index (χ4v) is 1.30. The highest BCUT2D eigenvalue weighted by atomic mass is 16.5. The zero-order valence-corrected chi connectivity index (χ0v) is 8.87. The van der Waals surface area contributed by atoms with Gasteiger partial charge < -0.3 is 14.9 Å². The fraction of sp³-hybridized carbons (Fsp3) is 0.182. The highest BCUT2D eigenvalue weighted by Crippen LogP contribution is 2.12. The zero-order valence-electron chi connectivity index (χ0n) is 8.87. The summed E-state index contributed by atoms with van der Waals surface area (Å²) in [6.45, 7) is 0.317. The van der Waals surface area contributed by atoms with Gasteiger partial charge in [-0.3, -0.25) is 4.79 Å². The molecule has 0 aliphatic rings. The van der Waals surface area contributed by atoms with Crippen molar-refractivity contribution in [3.05, 3.63) is 29.8 Å². The number of benzene rings is 1. The van der Waals surface area contributed by atoms with Crippen molar-refractivity contribution in [1.29, 1.82) is 0 Å². The van der Waals surface area contributed by atoms with E-state index in [0.29, 0.717) is 18.6 Å². The third kappa shape index (κ3) is 3.94. The van der Waals surface area contributed by atoms with Crippen molar-refractivity contribution in [2.75, 3.05) is 0 Å². The standard InChI is InChI=1S/C11H11NO5/c13-6-12-10(11(15)16)5-8-1-3-9(4-2-8)17-7-14/h1-4,6-7,10H,5H2,(H,12,13)(H,15,16)/p+1. The first kappa shape index (κ1) is 12.7. The highest BCUT2D eigenvalue weighted by Gasteiger charge is 2.21. The molecule has 1 unspecified atom stereocenters. The van der Waals surface area contributed by atoms with Crippen LogP contribution in [-0.4, -0.2) is 35.1 Å². The number of aliphatic hydroxyl groups is 1. The van der Waals surface area contributed by atoms with Crippen LogP contribution in [0.25, 0.3) is 0 Å². The van der Waals surface area contributed by atoms with Crippen LogP contribution in [0.3, 0.4) is 0 Å². The average molecular weight is 238 g/mol. The number of carboxylic acids is 1. The lowest BCUT2D eigenvalue weighted by atomic mass is 10.1. The first-order valence-electron chi connectivity index (χ1n) is 4.81. The molecule has 0 heterocycles. The van der Waals surface area contributed by atoms with E-state index in [4.69, 9.17) is 10.2 Å². The van der Waals surface area contributed by atoms with Crippen LogP contribution in [0.15, 0.2) is 24.3 Å². The molecule has 90 valence electrons. The molecule has 1 aromatic carbocycles. The van der Waals surface area contributed by atoms with Gasteiger partial charge in [0, 0.05) is 6.42 Å². The normalized spacial score (nSPS) is 12.2. The zero-order chi connectivity index (χ0) is 12.7. The van der Waals surface area contributed by atoms with Crippen LogP contribution in [-0.2, 0) is 16.0 Å². The van der Waals surface area contributed by atoms with Crippen LogP contribution >= 0.6 is 0 Å². The van der Waals surface area contributed by atoms with E-state index in [1.165, 1.54) is 0 Å². The number of ether oxygens (including phenoxy) is 1. The Hall–Kier alpha value is -2.37. The van der Waals surface area contributed by atoms with Crippen molar-refractivity contribution in [3.8, 4) is 5.75 Å². The number of aliphatic hydroxyl groups excluding tert-OH is 1. The summed E-state index contributed by atoms with van der Waals surface area (Å²) in [7, 11) is 0. The summed E-state index contributed by atoms with van der Waals surface area (Å²) in [6.07, 6.45) is 0.802. The van der Waals surface area contributed by atoms with E-state index >= 15 is 0 Å². The maximum atomic E-state index is 10.8. The van der Waals surface area contributed by atoms with Gasteiger partial charge >= 0.3 is 12.4 Å². The quantitative estimate of drug-likeness (QED) is 0.331. The molecule has 0 saturated heterocycles. The molecule has 0 aliphatic heterocycles. The van der Waals surface area contributed by atoms with Crippen molar-refractivity contribution in [2.45, 2.75) is 12.5 Å². The molecule has 1 rings (SSSR count). The van der Waals surface area contributed by atoms with Crippen molar-refractivity contribution >= 4 is 18.8 Å². The summed E-state index contributed by atoms with van der Waals surface area (Å²) < 4.78 is 4.60. The Morgan fingerprint density at radius 2 is 2.06 bits per heavy atom. The predicted molar refractivity (Wildman–Crippen MR) is 57.9 cm³/mol. The van der Waals surface area contributed by atoms with Crippen molar-refractivity contribution < 1.29 is 29.5 Å². The van der Waals surface area contributed by atoms with Crippen LogP contribution in [0.2, 0.25) is 0 Å². The molecule has 0 aromatic heterocycles. The van der Waals surface area contributed by atoms with Crippen LogP contribution in [0.1, 0.15) is 5.56 Å². The molecule has 1 atom stereocenters. The smallest absolute Gasteiger partial charge is 0.373 e. The van der Waals surface area contributed by atoms with Crippen LogP contribution in [0, 0.1) is 0 Å². The van der Waals surface area contributed by atoms with E-state index < -0.39 is 12.0 Å². The minimum atomic E-state index is -1.07. The summed E-state index contributed by atoms with van der Waals surface area (Å²) in [5, 5.41) is 17.4. The first-order valence-corrected chi connectivity index (χ1v) is 4.81. The number of carboxylic acid groups (broad SMARTS) is 1. The van der Waals surface area contributed by atoms with E-state index in [1.54, 1.807) is 24.3 Å². The molecule has 0 saturated carbocycles. The summed E-state index contributed by atoms with van der Waals surface area (Å²) in [6, 6.07) is 5.51. The van der Waals surface area contributed by atoms with E-state index in [-0.39, 0.29) is 6.42 Å². The third-order valence-corrected chi connectivity index (χ3v) is 2.12. The second-order valence-corrected chi connectivity index (χ2v) is 3.25. The minimum Gasteiger partial charge on any atom is -0.476 e. The highest BCUT2D eigenvalue weighted by molar-refractivity contribution is 5.72. The Bertz CT molecular complexity index is 412. The second kappa shape index (κ2) is 6.26. The molecule has 6 nitrogen and oxygen atoms in total. The van der Waals surface area contributed by atoms with Gasteiger partial charge in [-0.1, -0.05) is 12.1 Å². The molecule has 0 bridgehead atoms. The van der Waals surface area contributed by atoms with Crippen LogP contribution < -0.4 is 9.73 Å². The van der Waals surface area contributed by atoms with Gasteiger partial charge in [-0.2, -0.15) is 0 Å². The molecule has 17 heavy (non-hydrogen) atoms. The first-order chi connectivity index (χ1) is 8.17. The SMILES string of the molecule is O=COc1ccc(CC([NH+]=CO)C(=O)O)cc1. The number of carbonyl (C=O) groups excluding carboxylic acids is 1. The van der Waals surface area contributed by atoms with Gasteiger partial charge in [0.1, 0.15) is 5.75 Å². The number of rotatable bonds is 6. The van der Waals surface area contributed by atoms with Gasteiger partial charge in [-0.05, 0) is 17.7 Å². The Kier molecular flexibility index (Phi) is 4.68. The molecule has 0 fully saturated rings. The fourth-order valence-electron chi connectivity index (χ4n) is 1.30. The third-order valence-electron chi connectivity index (χ3n) is 2.12. The van der Waals surface area contributed by atoms with Gasteiger partial charge in [0.25, 0.3) is 12.5 Å². The molecule has 0 amide bonds. The van der Waals surface area contributed by atoms with Crippen LogP contribution in [0.5, 0.6) is 5.75 Å². The maximum absolute atomic E-state index is 10.8. The van der Waals surface area contributed by atoms with Gasteiger partial charge in [-0.25, -0.2) is 9.79 Å². The number of nitrogens with one attached hydrogen (secondary N) is 1. The molecule has 0 spiro atoms. The summed E-state index contributed by atoms with van der Waals surface area (Å²) in [5.74, 6) is -0.680. The maximum Gasteiger partial charge on any atom is 0.373 e. The molecular formula is C11H12NO5+. The molecule has 3 N–H and O–H groups in total. The van der Waals surface area contributed by atoms with E-state index in [9.17, 15) is 9.59 Å². The summed E-state index contributed by atoms with van der Waals surface area (Å²) in [5.41, 5.74) is 0.741. The molecule has 6 heteroatoms. The Balaban J connectivity index is 2.73. The van der Waals surface area contributed by atoms with Gasteiger partial charge in [0.2, 0.25) is 0 Å². The van der Waals surface area contributed by atoms with E-state index in [0.717, 1.165) is 5.56 Å². The van der Waals surface area contributed by atoms with Crippen molar-refractivity contribution in [3.63, 3.8) is 0 Å². The number of hydrogen-bond acceptors (Lipinski definition) is 3. The van der Waals surface area contributed by atoms with Gasteiger partial charge in [-0.15, -0.1) is 0 Å². The Morgan fingerprint density at radius 1 is 1.41 bits per heavy atom. The lowest BCUT2D eigenvalue weighted by Crippen LogP contribution is -2.79. The Labute approximate surface area is 97.2 Å². The van der Waals surface area contributed by atoms with E-state index in [2.05, 4.69) is 9.73 Å². The van der Waals surface area contributed by atoms with Crippen molar-refractivity contribution in [1.82, 2.24) is 0 Å². The number of aliphatic carboxylic acids is 1. The monoisotopic (exact) mass is 238 g/mol. The minimum absolute atomic E-state index is 0.202. The largest absolute Gasteiger partial charge is 0.476 e. The van der Waals surface area contributed by atoms with Gasteiger partial charge in [0.15, 0.2) is 0 Å². The molecular weight excluding hydrogens is 226 g/mol.